The lowest BCUT2D eigenvalue weighted by atomic mass is 10.0. The van der Waals surface area contributed by atoms with E-state index in [4.69, 9.17) is 10.6 Å². The number of fused-ring (bicyclic) bond motifs is 1. The number of hydrogen-bond acceptors (Lipinski definition) is 8. The molecule has 8 nitrogen and oxygen atoms in total. The molecule has 3 rings (SSSR count). The molecule has 1 saturated heterocycles. The maximum atomic E-state index is 12.6. The quantitative estimate of drug-likeness (QED) is 0.630. The number of anilines is 1. The number of nitrogens with zero attached hydrogens (tertiary/aromatic N) is 2. The number of imide groups is 1. The van der Waals surface area contributed by atoms with Gasteiger partial charge in [-0.05, 0) is 6.42 Å². The Balaban J connectivity index is 1.68. The normalized spacial score (nSPS) is 21.3. The van der Waals surface area contributed by atoms with Crippen LogP contribution in [0.25, 0.3) is 0 Å². The largest absolute Gasteiger partial charge is 0.469 e. The summed E-state index contributed by atoms with van der Waals surface area (Å²) in [6, 6.07) is -0.554. The second-order valence-electron chi connectivity index (χ2n) is 5.37. The number of likely N-dealkylation sites (tertiary alicyclic amines) is 1. The van der Waals surface area contributed by atoms with E-state index in [1.807, 2.05) is 0 Å². The van der Waals surface area contributed by atoms with E-state index in [9.17, 15) is 14.4 Å². The molecule has 1 fully saturated rings. The molecular formula is C14H17N3O5S. The summed E-state index contributed by atoms with van der Waals surface area (Å²) >= 11 is 1.40. The highest BCUT2D eigenvalue weighted by Gasteiger charge is 2.41. The first-order valence-electron chi connectivity index (χ1n) is 7.22. The molecule has 1 aromatic rings. The summed E-state index contributed by atoms with van der Waals surface area (Å²) in [5.74, 6) is -0.418. The zero-order chi connectivity index (χ0) is 16.6. The number of thiophene rings is 1. The Labute approximate surface area is 136 Å². The standard InChI is InChI=1S/C14H17N3O5S/c1-21-12(19)4-5-16-11(18)3-2-9(14(16)20)17-6-8-10(22-17)7-23-13(8)15/h7,9H,2-6,15H2,1H3. The van der Waals surface area contributed by atoms with E-state index in [2.05, 4.69) is 4.74 Å². The van der Waals surface area contributed by atoms with Crippen molar-refractivity contribution in [3.63, 3.8) is 0 Å². The van der Waals surface area contributed by atoms with Crippen LogP contribution in [0.3, 0.4) is 0 Å². The average molecular weight is 339 g/mol. The fraction of sp³-hybridized carbons (Fsp3) is 0.500. The van der Waals surface area contributed by atoms with Crippen LogP contribution in [-0.4, -0.2) is 47.4 Å². The van der Waals surface area contributed by atoms with Crippen LogP contribution in [-0.2, 0) is 25.7 Å². The molecule has 0 spiro atoms. The van der Waals surface area contributed by atoms with E-state index < -0.39 is 12.0 Å². The minimum atomic E-state index is -0.554. The van der Waals surface area contributed by atoms with Gasteiger partial charge in [0.1, 0.15) is 6.04 Å². The summed E-state index contributed by atoms with van der Waals surface area (Å²) in [6.45, 7) is 0.443. The molecule has 124 valence electrons. The van der Waals surface area contributed by atoms with Gasteiger partial charge in [0, 0.05) is 23.9 Å². The van der Waals surface area contributed by atoms with Crippen LogP contribution in [0.15, 0.2) is 5.38 Å². The zero-order valence-corrected chi connectivity index (χ0v) is 13.4. The van der Waals surface area contributed by atoms with Crippen molar-refractivity contribution < 1.29 is 24.0 Å². The van der Waals surface area contributed by atoms with E-state index >= 15 is 0 Å². The molecule has 2 aliphatic heterocycles. The lowest BCUT2D eigenvalue weighted by molar-refractivity contribution is -0.165. The molecular weight excluding hydrogens is 322 g/mol. The second-order valence-corrected chi connectivity index (χ2v) is 6.28. The number of hydroxylamine groups is 2. The first-order valence-corrected chi connectivity index (χ1v) is 8.10. The molecule has 0 aliphatic carbocycles. The molecule has 0 aromatic carbocycles. The summed E-state index contributed by atoms with van der Waals surface area (Å²) < 4.78 is 4.55. The number of nitrogens with two attached hydrogens (primary N) is 1. The Kier molecular flexibility index (Phi) is 4.22. The van der Waals surface area contributed by atoms with Crippen LogP contribution in [0.2, 0.25) is 0 Å². The number of nitrogen functional groups attached to an aromatic ring is 1. The van der Waals surface area contributed by atoms with Gasteiger partial charge in [0.15, 0.2) is 5.75 Å². The van der Waals surface area contributed by atoms with Crippen molar-refractivity contribution in [1.29, 1.82) is 0 Å². The fourth-order valence-electron chi connectivity index (χ4n) is 2.73. The van der Waals surface area contributed by atoms with Gasteiger partial charge in [-0.3, -0.25) is 19.3 Å². The molecule has 9 heteroatoms. The number of amides is 2. The molecule has 1 atom stereocenters. The van der Waals surface area contributed by atoms with Crippen molar-refractivity contribution in [3.05, 3.63) is 10.9 Å². The molecule has 2 amide bonds. The predicted molar refractivity (Wildman–Crippen MR) is 81.3 cm³/mol. The molecule has 1 aromatic heterocycles. The molecule has 23 heavy (non-hydrogen) atoms. The Hall–Kier alpha value is -2.13. The SMILES string of the molecule is COC(=O)CCN1C(=O)CCC(N2Cc3c(csc3N)O2)C1=O. The third-order valence-corrected chi connectivity index (χ3v) is 4.85. The van der Waals surface area contributed by atoms with Gasteiger partial charge in [0.25, 0.3) is 0 Å². The zero-order valence-electron chi connectivity index (χ0n) is 12.6. The number of hydrogen-bond donors (Lipinski definition) is 1. The third kappa shape index (κ3) is 2.89. The van der Waals surface area contributed by atoms with Crippen LogP contribution in [0.4, 0.5) is 5.00 Å². The average Bonchev–Trinajstić information content (AvgIpc) is 3.09. The Morgan fingerprint density at radius 2 is 2.30 bits per heavy atom. The minimum Gasteiger partial charge on any atom is -0.469 e. The fourth-order valence-corrected chi connectivity index (χ4v) is 3.46. The Morgan fingerprint density at radius 3 is 3.00 bits per heavy atom. The van der Waals surface area contributed by atoms with E-state index in [-0.39, 0.29) is 31.2 Å². The third-order valence-electron chi connectivity index (χ3n) is 4.02. The van der Waals surface area contributed by atoms with E-state index in [1.54, 1.807) is 10.4 Å². The van der Waals surface area contributed by atoms with E-state index in [1.165, 1.54) is 18.4 Å². The smallest absolute Gasteiger partial charge is 0.307 e. The van der Waals surface area contributed by atoms with Crippen molar-refractivity contribution in [2.24, 2.45) is 0 Å². The van der Waals surface area contributed by atoms with Crippen molar-refractivity contribution in [1.82, 2.24) is 9.96 Å². The lowest BCUT2D eigenvalue weighted by Crippen LogP contribution is -2.54. The molecule has 1 unspecified atom stereocenters. The highest BCUT2D eigenvalue weighted by Crippen LogP contribution is 2.39. The van der Waals surface area contributed by atoms with Crippen LogP contribution < -0.4 is 10.6 Å². The van der Waals surface area contributed by atoms with Crippen LogP contribution >= 0.6 is 11.3 Å². The van der Waals surface area contributed by atoms with Crippen LogP contribution in [0.5, 0.6) is 5.75 Å². The minimum absolute atomic E-state index is 0.0124. The molecule has 0 bridgehead atoms. The first-order chi connectivity index (χ1) is 11.0. The number of ether oxygens (including phenoxy) is 1. The van der Waals surface area contributed by atoms with Crippen molar-refractivity contribution in [2.75, 3.05) is 19.4 Å². The monoisotopic (exact) mass is 339 g/mol. The van der Waals surface area contributed by atoms with Crippen molar-refractivity contribution in [2.45, 2.75) is 31.8 Å². The van der Waals surface area contributed by atoms with Crippen LogP contribution in [0.1, 0.15) is 24.8 Å². The maximum Gasteiger partial charge on any atom is 0.307 e. The lowest BCUT2D eigenvalue weighted by Gasteiger charge is -2.34. The Morgan fingerprint density at radius 1 is 1.52 bits per heavy atom. The van der Waals surface area contributed by atoms with E-state index in [0.717, 1.165) is 10.5 Å². The number of carbonyl (C=O) groups excluding carboxylic acids is 3. The summed E-state index contributed by atoms with van der Waals surface area (Å²) in [5, 5.41) is 4.04. The molecule has 2 aliphatic rings. The van der Waals surface area contributed by atoms with Crippen molar-refractivity contribution >= 4 is 34.1 Å². The van der Waals surface area contributed by atoms with Gasteiger partial charge in [0.2, 0.25) is 11.8 Å². The predicted octanol–water partition coefficient (Wildman–Crippen LogP) is 0.520. The van der Waals surface area contributed by atoms with Crippen molar-refractivity contribution in [3.8, 4) is 5.75 Å². The van der Waals surface area contributed by atoms with Gasteiger partial charge in [-0.1, -0.05) is 0 Å². The molecule has 3 heterocycles. The topological polar surface area (TPSA) is 102 Å². The highest BCUT2D eigenvalue weighted by atomic mass is 32.1. The molecule has 0 saturated carbocycles. The second kappa shape index (κ2) is 6.17. The summed E-state index contributed by atoms with van der Waals surface area (Å²) in [7, 11) is 1.27. The summed E-state index contributed by atoms with van der Waals surface area (Å²) in [6.07, 6.45) is 0.612. The van der Waals surface area contributed by atoms with Gasteiger partial charge < -0.3 is 15.3 Å². The first kappa shape index (κ1) is 15.8. The van der Waals surface area contributed by atoms with Gasteiger partial charge in [-0.2, -0.15) is 0 Å². The number of rotatable bonds is 4. The summed E-state index contributed by atoms with van der Waals surface area (Å²) in [4.78, 5) is 42.6. The van der Waals surface area contributed by atoms with E-state index in [0.29, 0.717) is 23.7 Å². The van der Waals surface area contributed by atoms with Gasteiger partial charge in [0.05, 0.1) is 25.1 Å². The molecule has 0 radical (unpaired) electrons. The number of piperidine rings is 1. The maximum absolute atomic E-state index is 12.6. The summed E-state index contributed by atoms with van der Waals surface area (Å²) in [5.41, 5.74) is 6.75. The number of esters is 1. The molecule has 2 N–H and O–H groups in total. The van der Waals surface area contributed by atoms with Gasteiger partial charge in [-0.25, -0.2) is 0 Å². The Bertz CT molecular complexity index is 659. The number of carbonyl (C=O) groups is 3. The van der Waals surface area contributed by atoms with Crippen LogP contribution in [0, 0.1) is 0 Å². The highest BCUT2D eigenvalue weighted by molar-refractivity contribution is 7.14. The van der Waals surface area contributed by atoms with Gasteiger partial charge in [-0.15, -0.1) is 16.4 Å². The number of methoxy groups -OCH3 is 1. The van der Waals surface area contributed by atoms with Gasteiger partial charge >= 0.3 is 5.97 Å².